The maximum Gasteiger partial charge on any atom is 0.402 e. The highest BCUT2D eigenvalue weighted by Gasteiger charge is 2.60. The van der Waals surface area contributed by atoms with Crippen molar-refractivity contribution in [1.82, 2.24) is 10.3 Å². The lowest BCUT2D eigenvalue weighted by atomic mass is 9.92. The second-order valence-electron chi connectivity index (χ2n) is 4.39. The Balaban J connectivity index is 3.29. The average molecular weight is 300 g/mol. The molecule has 114 valence electrons. The van der Waals surface area contributed by atoms with Crippen LogP contribution in [0.1, 0.15) is 24.1 Å². The molecule has 1 heterocycles. The molecule has 1 aromatic heterocycles. The molecule has 8 heteroatoms. The molecule has 0 aliphatic rings. The zero-order valence-corrected chi connectivity index (χ0v) is 10.8. The molecule has 0 aromatic carbocycles. The van der Waals surface area contributed by atoms with Crippen LogP contribution in [-0.2, 0) is 0 Å². The molecule has 1 atom stereocenters. The van der Waals surface area contributed by atoms with Gasteiger partial charge in [-0.2, -0.15) is 26.3 Å². The van der Waals surface area contributed by atoms with E-state index in [1.165, 1.54) is 19.2 Å². The Kier molecular flexibility index (Phi) is 5.01. The van der Waals surface area contributed by atoms with E-state index in [1.807, 2.05) is 0 Å². The number of rotatable bonds is 4. The van der Waals surface area contributed by atoms with Gasteiger partial charge in [-0.3, -0.25) is 4.98 Å². The summed E-state index contributed by atoms with van der Waals surface area (Å²) >= 11 is 0. The van der Waals surface area contributed by atoms with Crippen LogP contribution < -0.4 is 5.32 Å². The van der Waals surface area contributed by atoms with Gasteiger partial charge in [0.25, 0.3) is 0 Å². The molecule has 1 aromatic rings. The highest BCUT2D eigenvalue weighted by atomic mass is 19.4. The van der Waals surface area contributed by atoms with Gasteiger partial charge in [-0.25, -0.2) is 0 Å². The molecule has 0 aliphatic carbocycles. The van der Waals surface area contributed by atoms with E-state index in [4.69, 9.17) is 0 Å². The van der Waals surface area contributed by atoms with Crippen LogP contribution in [-0.4, -0.2) is 23.9 Å². The Bertz CT molecular complexity index is 426. The number of nitrogens with one attached hydrogen (secondary N) is 1. The van der Waals surface area contributed by atoms with Crippen LogP contribution in [0.15, 0.2) is 18.5 Å². The molecule has 0 saturated heterocycles. The number of alkyl halides is 6. The van der Waals surface area contributed by atoms with E-state index in [0.717, 1.165) is 6.20 Å². The van der Waals surface area contributed by atoms with Crippen molar-refractivity contribution in [1.29, 1.82) is 0 Å². The summed E-state index contributed by atoms with van der Waals surface area (Å²) in [5, 5.41) is 2.26. The van der Waals surface area contributed by atoms with Gasteiger partial charge >= 0.3 is 12.4 Å². The molecule has 0 bridgehead atoms. The van der Waals surface area contributed by atoms with Crippen LogP contribution in [0.2, 0.25) is 0 Å². The molecule has 1 unspecified atom stereocenters. The average Bonchev–Trinajstić information content (AvgIpc) is 2.24. The highest BCUT2D eigenvalue weighted by Crippen LogP contribution is 2.46. The minimum atomic E-state index is -5.39. The molecule has 2 nitrogen and oxygen atoms in total. The molecule has 0 amide bonds. The maximum atomic E-state index is 12.8. The first-order valence-electron chi connectivity index (χ1n) is 5.85. The van der Waals surface area contributed by atoms with Crippen molar-refractivity contribution in [2.75, 3.05) is 6.54 Å². The van der Waals surface area contributed by atoms with E-state index in [0.29, 0.717) is 5.56 Å². The Morgan fingerprint density at radius 1 is 1.10 bits per heavy atom. The highest BCUT2D eigenvalue weighted by molar-refractivity contribution is 5.22. The summed E-state index contributed by atoms with van der Waals surface area (Å²) in [4.78, 5) is 3.66. The van der Waals surface area contributed by atoms with Gasteiger partial charge in [0.1, 0.15) is 0 Å². The number of hydrogen-bond acceptors (Lipinski definition) is 2. The van der Waals surface area contributed by atoms with Gasteiger partial charge in [0.15, 0.2) is 5.92 Å². The molecule has 0 aliphatic heterocycles. The number of halogens is 6. The van der Waals surface area contributed by atoms with Gasteiger partial charge in [0, 0.05) is 12.4 Å². The van der Waals surface area contributed by atoms with Crippen molar-refractivity contribution >= 4 is 0 Å². The van der Waals surface area contributed by atoms with Crippen LogP contribution in [0.3, 0.4) is 0 Å². The fourth-order valence-electron chi connectivity index (χ4n) is 1.96. The lowest BCUT2D eigenvalue weighted by molar-refractivity contribution is -0.292. The predicted molar refractivity (Wildman–Crippen MR) is 61.0 cm³/mol. The van der Waals surface area contributed by atoms with E-state index in [-0.39, 0.29) is 12.1 Å². The summed E-state index contributed by atoms with van der Waals surface area (Å²) in [6, 6.07) is -0.641. The topological polar surface area (TPSA) is 24.9 Å². The Morgan fingerprint density at radius 2 is 1.65 bits per heavy atom. The van der Waals surface area contributed by atoms with Crippen LogP contribution in [0.5, 0.6) is 0 Å². The second-order valence-corrected chi connectivity index (χ2v) is 4.39. The Labute approximate surface area is 112 Å². The summed E-state index contributed by atoms with van der Waals surface area (Å²) < 4.78 is 76.8. The van der Waals surface area contributed by atoms with Crippen molar-refractivity contribution in [2.45, 2.75) is 32.2 Å². The van der Waals surface area contributed by atoms with Gasteiger partial charge in [-0.15, -0.1) is 0 Å². The van der Waals surface area contributed by atoms with Gasteiger partial charge < -0.3 is 5.32 Å². The van der Waals surface area contributed by atoms with Crippen LogP contribution in [0.25, 0.3) is 0 Å². The van der Waals surface area contributed by atoms with Gasteiger partial charge in [-0.05, 0) is 24.6 Å². The molecule has 0 radical (unpaired) electrons. The molecule has 20 heavy (non-hydrogen) atoms. The van der Waals surface area contributed by atoms with Crippen LogP contribution in [0, 0.1) is 12.8 Å². The monoisotopic (exact) mass is 300 g/mol. The van der Waals surface area contributed by atoms with Crippen molar-refractivity contribution < 1.29 is 26.3 Å². The standard InChI is InChI=1S/C12H14F6N2/c1-3-20-9(8-4-7(2)5-19-6-8)10(11(13,14)15)12(16,17)18/h4-6,9-10,20H,3H2,1-2H3. The quantitative estimate of drug-likeness (QED) is 0.856. The largest absolute Gasteiger partial charge is 0.402 e. The first kappa shape index (κ1) is 16.7. The van der Waals surface area contributed by atoms with E-state index in [2.05, 4.69) is 10.3 Å². The van der Waals surface area contributed by atoms with E-state index < -0.39 is 24.3 Å². The first-order valence-corrected chi connectivity index (χ1v) is 5.85. The minimum Gasteiger partial charge on any atom is -0.309 e. The Hall–Kier alpha value is -1.31. The zero-order valence-electron chi connectivity index (χ0n) is 10.8. The number of pyridine rings is 1. The lowest BCUT2D eigenvalue weighted by Gasteiger charge is -2.31. The molecular weight excluding hydrogens is 286 g/mol. The third-order valence-electron chi connectivity index (χ3n) is 2.72. The molecular formula is C12H14F6N2. The second kappa shape index (κ2) is 5.99. The number of aryl methyl sites for hydroxylation is 1. The van der Waals surface area contributed by atoms with Gasteiger partial charge in [-0.1, -0.05) is 13.0 Å². The normalized spacial score (nSPS) is 14.7. The zero-order chi connectivity index (χ0) is 15.6. The Morgan fingerprint density at radius 3 is 2.05 bits per heavy atom. The van der Waals surface area contributed by atoms with Gasteiger partial charge in [0.2, 0.25) is 0 Å². The van der Waals surface area contributed by atoms with Crippen molar-refractivity contribution in [3.05, 3.63) is 29.6 Å². The number of nitrogens with zero attached hydrogens (tertiary/aromatic N) is 1. The van der Waals surface area contributed by atoms with Crippen molar-refractivity contribution in [3.8, 4) is 0 Å². The molecule has 0 fully saturated rings. The summed E-state index contributed by atoms with van der Waals surface area (Å²) in [6.07, 6.45) is -8.41. The minimum absolute atomic E-state index is 0.0265. The third-order valence-corrected chi connectivity index (χ3v) is 2.72. The van der Waals surface area contributed by atoms with Crippen molar-refractivity contribution in [2.24, 2.45) is 5.92 Å². The summed E-state index contributed by atoms with van der Waals surface area (Å²) in [5.74, 6) is -3.47. The number of hydrogen-bond donors (Lipinski definition) is 1. The predicted octanol–water partition coefficient (Wildman–Crippen LogP) is 3.78. The fourth-order valence-corrected chi connectivity index (χ4v) is 1.96. The smallest absolute Gasteiger partial charge is 0.309 e. The first-order chi connectivity index (χ1) is 9.07. The summed E-state index contributed by atoms with van der Waals surface area (Å²) in [6.45, 7) is 2.97. The summed E-state index contributed by atoms with van der Waals surface area (Å²) in [7, 11) is 0. The third kappa shape index (κ3) is 4.09. The molecule has 0 spiro atoms. The van der Waals surface area contributed by atoms with Crippen molar-refractivity contribution in [3.63, 3.8) is 0 Å². The molecule has 1 N–H and O–H groups in total. The number of aromatic nitrogens is 1. The maximum absolute atomic E-state index is 12.8. The molecule has 0 saturated carbocycles. The van der Waals surface area contributed by atoms with E-state index in [1.54, 1.807) is 6.92 Å². The van der Waals surface area contributed by atoms with E-state index >= 15 is 0 Å². The van der Waals surface area contributed by atoms with Crippen LogP contribution in [0.4, 0.5) is 26.3 Å². The SMILES string of the molecule is CCNC(c1cncc(C)c1)C(C(F)(F)F)C(F)(F)F. The lowest BCUT2D eigenvalue weighted by Crippen LogP contribution is -2.45. The van der Waals surface area contributed by atoms with E-state index in [9.17, 15) is 26.3 Å². The molecule has 1 rings (SSSR count). The van der Waals surface area contributed by atoms with Crippen LogP contribution >= 0.6 is 0 Å². The summed E-state index contributed by atoms with van der Waals surface area (Å²) in [5.41, 5.74) is 0.361. The van der Waals surface area contributed by atoms with Gasteiger partial charge in [0.05, 0.1) is 6.04 Å². The fraction of sp³-hybridized carbons (Fsp3) is 0.583.